The number of aromatic nitrogens is 4. The highest BCUT2D eigenvalue weighted by Gasteiger charge is 2.37. The second kappa shape index (κ2) is 6.27. The fourth-order valence-electron chi connectivity index (χ4n) is 2.78. The normalized spacial score (nSPS) is 16.6. The van der Waals surface area contributed by atoms with E-state index in [-0.39, 0.29) is 17.3 Å². The maximum Gasteiger partial charge on any atom is 0.418 e. The molecule has 1 fully saturated rings. The van der Waals surface area contributed by atoms with Gasteiger partial charge in [-0.05, 0) is 12.6 Å². The molecule has 2 aromatic heterocycles. The monoisotopic (exact) mass is 341 g/mol. The summed E-state index contributed by atoms with van der Waals surface area (Å²) in [4.78, 5) is 8.23. The van der Waals surface area contributed by atoms with E-state index in [9.17, 15) is 13.2 Å². The van der Waals surface area contributed by atoms with Gasteiger partial charge in [-0.25, -0.2) is 9.67 Å². The highest BCUT2D eigenvalue weighted by atomic mass is 19.4. The molecule has 0 bridgehead atoms. The molecular weight excluding hydrogens is 323 g/mol. The molecule has 10 heteroatoms. The first kappa shape index (κ1) is 16.5. The van der Waals surface area contributed by atoms with Crippen LogP contribution in [0.1, 0.15) is 12.5 Å². The Kier molecular flexibility index (Phi) is 4.31. The maximum absolute atomic E-state index is 13.5. The van der Waals surface area contributed by atoms with Crippen molar-refractivity contribution in [3.8, 4) is 5.69 Å². The summed E-state index contributed by atoms with van der Waals surface area (Å²) >= 11 is 0. The van der Waals surface area contributed by atoms with Gasteiger partial charge in [0.2, 0.25) is 0 Å². The zero-order valence-corrected chi connectivity index (χ0v) is 13.2. The number of hydrogen-bond acceptors (Lipinski definition) is 6. The van der Waals surface area contributed by atoms with E-state index in [1.54, 1.807) is 0 Å². The Labute approximate surface area is 136 Å². The lowest BCUT2D eigenvalue weighted by molar-refractivity contribution is -0.137. The number of alkyl halides is 3. The summed E-state index contributed by atoms with van der Waals surface area (Å²) in [7, 11) is 0. The minimum atomic E-state index is -4.57. The van der Waals surface area contributed by atoms with Gasteiger partial charge in [0, 0.05) is 26.2 Å². The molecule has 1 saturated heterocycles. The Balaban J connectivity index is 2.00. The van der Waals surface area contributed by atoms with Crippen molar-refractivity contribution in [3.63, 3.8) is 0 Å². The number of hydrogen-bond donors (Lipinski definition) is 1. The summed E-state index contributed by atoms with van der Waals surface area (Å²) in [6.07, 6.45) is -1.97. The Hall–Kier alpha value is -2.36. The van der Waals surface area contributed by atoms with Crippen LogP contribution in [0.15, 0.2) is 18.5 Å². The Bertz CT molecular complexity index is 691. The van der Waals surface area contributed by atoms with Crippen LogP contribution in [0.4, 0.5) is 24.8 Å². The lowest BCUT2D eigenvalue weighted by Gasteiger charge is -2.35. The van der Waals surface area contributed by atoms with Gasteiger partial charge in [0.05, 0.1) is 18.0 Å². The fraction of sp³-hybridized carbons (Fsp3) is 0.500. The number of likely N-dealkylation sites (N-methyl/N-ethyl adjacent to an activating group) is 1. The minimum absolute atomic E-state index is 0.219. The third-order valence-corrected chi connectivity index (χ3v) is 4.11. The van der Waals surface area contributed by atoms with Gasteiger partial charge in [0.1, 0.15) is 11.5 Å². The molecule has 0 unspecified atom stereocenters. The summed E-state index contributed by atoms with van der Waals surface area (Å²) in [6.45, 7) is 5.76. The Morgan fingerprint density at radius 3 is 2.46 bits per heavy atom. The first-order valence-electron chi connectivity index (χ1n) is 7.62. The zero-order valence-electron chi connectivity index (χ0n) is 13.2. The minimum Gasteiger partial charge on any atom is -0.382 e. The molecule has 0 atom stereocenters. The van der Waals surface area contributed by atoms with E-state index in [0.29, 0.717) is 13.1 Å². The van der Waals surface area contributed by atoms with Gasteiger partial charge in [-0.1, -0.05) is 12.1 Å². The van der Waals surface area contributed by atoms with E-state index in [1.807, 2.05) is 4.90 Å². The number of nitrogen functional groups attached to an aromatic ring is 1. The zero-order chi connectivity index (χ0) is 17.3. The molecule has 130 valence electrons. The lowest BCUT2D eigenvalue weighted by Crippen LogP contribution is -2.46. The topological polar surface area (TPSA) is 76.1 Å². The van der Waals surface area contributed by atoms with E-state index in [0.717, 1.165) is 30.4 Å². The molecule has 1 aliphatic heterocycles. The number of piperazine rings is 1. The van der Waals surface area contributed by atoms with Crippen molar-refractivity contribution in [1.82, 2.24) is 24.9 Å². The molecule has 0 radical (unpaired) electrons. The predicted molar refractivity (Wildman–Crippen MR) is 82.9 cm³/mol. The van der Waals surface area contributed by atoms with Crippen molar-refractivity contribution in [3.05, 3.63) is 24.0 Å². The summed E-state index contributed by atoms with van der Waals surface area (Å²) in [5.41, 5.74) is 4.67. The van der Waals surface area contributed by atoms with Crippen LogP contribution >= 0.6 is 0 Å². The molecule has 3 heterocycles. The number of rotatable bonds is 3. The fourth-order valence-corrected chi connectivity index (χ4v) is 2.78. The molecule has 0 spiro atoms. The summed E-state index contributed by atoms with van der Waals surface area (Å²) in [5, 5.41) is 7.15. The van der Waals surface area contributed by atoms with E-state index in [4.69, 9.17) is 5.73 Å². The van der Waals surface area contributed by atoms with Crippen LogP contribution in [-0.2, 0) is 6.18 Å². The van der Waals surface area contributed by atoms with Crippen molar-refractivity contribution >= 4 is 11.6 Å². The standard InChI is InChI=1S/C14H18F3N7/c1-2-22-5-7-23(8-6-22)11-9-10(14(15,16)17)12(13(18)20-11)24-4-3-19-21-24/h3-4,9H,2,5-8H2,1H3,(H2,18,20). The van der Waals surface area contributed by atoms with E-state index in [2.05, 4.69) is 27.1 Å². The van der Waals surface area contributed by atoms with Crippen molar-refractivity contribution in [2.45, 2.75) is 13.1 Å². The quantitative estimate of drug-likeness (QED) is 0.910. The highest BCUT2D eigenvalue weighted by molar-refractivity contribution is 5.63. The van der Waals surface area contributed by atoms with Gasteiger partial charge in [0.15, 0.2) is 5.82 Å². The molecule has 0 aromatic carbocycles. The van der Waals surface area contributed by atoms with Crippen LogP contribution in [0.2, 0.25) is 0 Å². The SMILES string of the molecule is CCN1CCN(c2cc(C(F)(F)F)c(-n3ccnn3)c(N)n2)CC1. The van der Waals surface area contributed by atoms with Crippen LogP contribution in [0.25, 0.3) is 5.69 Å². The smallest absolute Gasteiger partial charge is 0.382 e. The summed E-state index contributed by atoms with van der Waals surface area (Å²) in [6, 6.07) is 1.04. The van der Waals surface area contributed by atoms with E-state index >= 15 is 0 Å². The Morgan fingerprint density at radius 2 is 1.92 bits per heavy atom. The van der Waals surface area contributed by atoms with Crippen LogP contribution in [0.3, 0.4) is 0 Å². The van der Waals surface area contributed by atoms with Crippen molar-refractivity contribution < 1.29 is 13.2 Å². The number of pyridine rings is 1. The van der Waals surface area contributed by atoms with E-state index < -0.39 is 11.7 Å². The second-order valence-electron chi connectivity index (χ2n) is 5.53. The largest absolute Gasteiger partial charge is 0.418 e. The maximum atomic E-state index is 13.5. The molecule has 0 amide bonds. The van der Waals surface area contributed by atoms with Crippen LogP contribution in [0, 0.1) is 0 Å². The van der Waals surface area contributed by atoms with Gasteiger partial charge in [0.25, 0.3) is 0 Å². The van der Waals surface area contributed by atoms with Crippen LogP contribution in [-0.4, -0.2) is 57.6 Å². The van der Waals surface area contributed by atoms with Crippen molar-refractivity contribution in [2.75, 3.05) is 43.4 Å². The van der Waals surface area contributed by atoms with Gasteiger partial charge >= 0.3 is 6.18 Å². The molecule has 7 nitrogen and oxygen atoms in total. The Morgan fingerprint density at radius 1 is 1.21 bits per heavy atom. The van der Waals surface area contributed by atoms with Gasteiger partial charge in [-0.15, -0.1) is 5.10 Å². The summed E-state index contributed by atoms with van der Waals surface area (Å²) < 4.78 is 41.5. The van der Waals surface area contributed by atoms with Gasteiger partial charge in [-0.2, -0.15) is 13.2 Å². The molecular formula is C14H18F3N7. The third-order valence-electron chi connectivity index (χ3n) is 4.11. The van der Waals surface area contributed by atoms with Crippen LogP contribution in [0.5, 0.6) is 0 Å². The molecule has 3 rings (SSSR count). The molecule has 24 heavy (non-hydrogen) atoms. The lowest BCUT2D eigenvalue weighted by atomic mass is 10.1. The van der Waals surface area contributed by atoms with Gasteiger partial charge < -0.3 is 15.5 Å². The molecule has 0 saturated carbocycles. The molecule has 1 aliphatic rings. The molecule has 2 aromatic rings. The number of anilines is 2. The summed E-state index contributed by atoms with van der Waals surface area (Å²) in [5.74, 6) is 0.0164. The number of halogens is 3. The van der Waals surface area contributed by atoms with E-state index in [1.165, 1.54) is 12.4 Å². The third kappa shape index (κ3) is 3.14. The van der Waals surface area contributed by atoms with Crippen molar-refractivity contribution in [2.24, 2.45) is 0 Å². The molecule has 2 N–H and O–H groups in total. The van der Waals surface area contributed by atoms with Crippen molar-refractivity contribution in [1.29, 1.82) is 0 Å². The number of nitrogens with two attached hydrogens (primary N) is 1. The first-order chi connectivity index (χ1) is 11.4. The van der Waals surface area contributed by atoms with Gasteiger partial charge in [-0.3, -0.25) is 0 Å². The average Bonchev–Trinajstić information content (AvgIpc) is 3.07. The second-order valence-corrected chi connectivity index (χ2v) is 5.53. The molecule has 0 aliphatic carbocycles. The first-order valence-corrected chi connectivity index (χ1v) is 7.62. The number of nitrogens with zero attached hydrogens (tertiary/aromatic N) is 6. The average molecular weight is 341 g/mol. The highest BCUT2D eigenvalue weighted by Crippen LogP contribution is 2.37. The van der Waals surface area contributed by atoms with Crippen LogP contribution < -0.4 is 10.6 Å². The predicted octanol–water partition coefficient (Wildman–Crippen LogP) is 1.41.